The number of carbonyl (C=O) groups excluding carboxylic acids is 2. The van der Waals surface area contributed by atoms with Crippen LogP contribution in [0.5, 0.6) is 0 Å². The van der Waals surface area contributed by atoms with Crippen LogP contribution in [0.4, 0.5) is 0 Å². The van der Waals surface area contributed by atoms with E-state index in [4.69, 9.17) is 10.5 Å². The van der Waals surface area contributed by atoms with Gasteiger partial charge in [-0.1, -0.05) is 37.3 Å². The summed E-state index contributed by atoms with van der Waals surface area (Å²) in [4.78, 5) is 28.9. The number of rotatable bonds is 3. The minimum atomic E-state index is -1.86. The average molecular weight is 345 g/mol. The maximum Gasteiger partial charge on any atom is 0.275 e. The first-order chi connectivity index (χ1) is 11.9. The van der Waals surface area contributed by atoms with E-state index in [0.717, 1.165) is 12.0 Å². The molecular weight excluding hydrogens is 322 g/mol. The van der Waals surface area contributed by atoms with Gasteiger partial charge in [-0.05, 0) is 24.8 Å². The second-order valence-electron chi connectivity index (χ2n) is 7.07. The second kappa shape index (κ2) is 5.52. The number of benzene rings is 1. The summed E-state index contributed by atoms with van der Waals surface area (Å²) in [5.41, 5.74) is 5.45. The van der Waals surface area contributed by atoms with Gasteiger partial charge in [0.2, 0.25) is 11.6 Å². The fourth-order valence-electron chi connectivity index (χ4n) is 4.27. The van der Waals surface area contributed by atoms with Crippen LogP contribution in [0.15, 0.2) is 30.3 Å². The van der Waals surface area contributed by atoms with Gasteiger partial charge in [-0.15, -0.1) is 0 Å². The molecule has 7 nitrogen and oxygen atoms in total. The molecule has 1 aromatic carbocycles. The van der Waals surface area contributed by atoms with Gasteiger partial charge in [-0.3, -0.25) is 20.2 Å². The maximum atomic E-state index is 13.1. The summed E-state index contributed by atoms with van der Waals surface area (Å²) < 4.78 is 5.75. The number of nitrogens with zero attached hydrogens (tertiary/aromatic N) is 2. The lowest BCUT2D eigenvalue weighted by atomic mass is 9.96. The lowest BCUT2D eigenvalue weighted by molar-refractivity contribution is -0.314. The summed E-state index contributed by atoms with van der Waals surface area (Å²) in [5.74, 6) is -2.52. The highest BCUT2D eigenvalue weighted by molar-refractivity contribution is 5.94. The Bertz CT molecular complexity index is 712. The summed E-state index contributed by atoms with van der Waals surface area (Å²) in [6.07, 6.45) is 1.90. The first-order valence-electron chi connectivity index (χ1n) is 8.80. The van der Waals surface area contributed by atoms with Gasteiger partial charge in [0, 0.05) is 13.0 Å². The van der Waals surface area contributed by atoms with Gasteiger partial charge in [0.15, 0.2) is 0 Å². The van der Waals surface area contributed by atoms with Crippen LogP contribution in [0.25, 0.3) is 0 Å². The molecule has 1 aromatic rings. The normalized spacial score (nSPS) is 37.4. The summed E-state index contributed by atoms with van der Waals surface area (Å²) in [7, 11) is 0. The van der Waals surface area contributed by atoms with Crippen LogP contribution in [0.2, 0.25) is 0 Å². The van der Waals surface area contributed by atoms with Crippen molar-refractivity contribution < 1.29 is 19.4 Å². The quantitative estimate of drug-likeness (QED) is 0.814. The van der Waals surface area contributed by atoms with Crippen LogP contribution >= 0.6 is 0 Å². The molecule has 3 aliphatic heterocycles. The summed E-state index contributed by atoms with van der Waals surface area (Å²) in [6, 6.07) is 8.09. The van der Waals surface area contributed by atoms with E-state index in [9.17, 15) is 14.7 Å². The molecule has 0 spiro atoms. The largest absolute Gasteiger partial charge is 0.347 e. The summed E-state index contributed by atoms with van der Waals surface area (Å²) in [6.45, 7) is 2.30. The van der Waals surface area contributed by atoms with Gasteiger partial charge < -0.3 is 14.7 Å². The molecule has 3 saturated heterocycles. The van der Waals surface area contributed by atoms with Crippen molar-refractivity contribution in [1.82, 2.24) is 9.80 Å². The van der Waals surface area contributed by atoms with Crippen molar-refractivity contribution in [2.75, 3.05) is 6.54 Å². The zero-order valence-electron chi connectivity index (χ0n) is 14.2. The van der Waals surface area contributed by atoms with Gasteiger partial charge in [0.05, 0.1) is 0 Å². The SMILES string of the molecule is CCC1(N)OC2(O)C3CCCN3C(=O)C(Cc3ccccc3)N2C1=O. The fourth-order valence-corrected chi connectivity index (χ4v) is 4.27. The van der Waals surface area contributed by atoms with Crippen LogP contribution < -0.4 is 5.73 Å². The Labute approximate surface area is 146 Å². The van der Waals surface area contributed by atoms with Crippen LogP contribution in [0, 0.1) is 0 Å². The van der Waals surface area contributed by atoms with Crippen LogP contribution in [-0.2, 0) is 20.7 Å². The number of ether oxygens (including phenoxy) is 1. The summed E-state index contributed by atoms with van der Waals surface area (Å²) in [5, 5.41) is 11.3. The van der Waals surface area contributed by atoms with E-state index in [1.807, 2.05) is 30.3 Å². The highest BCUT2D eigenvalue weighted by atomic mass is 16.7. The van der Waals surface area contributed by atoms with Crippen LogP contribution in [0.3, 0.4) is 0 Å². The van der Waals surface area contributed by atoms with Crippen molar-refractivity contribution in [3.8, 4) is 0 Å². The molecule has 3 N–H and O–H groups in total. The number of nitrogens with two attached hydrogens (primary N) is 1. The topological polar surface area (TPSA) is 96.1 Å². The lowest BCUT2D eigenvalue weighted by Crippen LogP contribution is -2.71. The van der Waals surface area contributed by atoms with E-state index < -0.39 is 29.6 Å². The Morgan fingerprint density at radius 2 is 2.04 bits per heavy atom. The highest BCUT2D eigenvalue weighted by Crippen LogP contribution is 2.45. The summed E-state index contributed by atoms with van der Waals surface area (Å²) >= 11 is 0. The van der Waals surface area contributed by atoms with E-state index >= 15 is 0 Å². The van der Waals surface area contributed by atoms with Crippen LogP contribution in [-0.4, -0.2) is 57.0 Å². The molecule has 25 heavy (non-hydrogen) atoms. The van der Waals surface area contributed by atoms with E-state index in [1.165, 1.54) is 4.90 Å². The lowest BCUT2D eigenvalue weighted by Gasteiger charge is -2.48. The predicted octanol–water partition coefficient (Wildman–Crippen LogP) is 0.172. The average Bonchev–Trinajstić information content (AvgIpc) is 3.17. The third-order valence-corrected chi connectivity index (χ3v) is 5.62. The van der Waals surface area contributed by atoms with Crippen molar-refractivity contribution in [1.29, 1.82) is 0 Å². The number of amides is 2. The minimum Gasteiger partial charge on any atom is -0.347 e. The number of aliphatic hydroxyl groups is 1. The van der Waals surface area contributed by atoms with Crippen molar-refractivity contribution >= 4 is 11.8 Å². The number of carbonyl (C=O) groups is 2. The molecule has 0 radical (unpaired) electrons. The van der Waals surface area contributed by atoms with Gasteiger partial charge in [-0.2, -0.15) is 0 Å². The second-order valence-corrected chi connectivity index (χ2v) is 7.07. The van der Waals surface area contributed by atoms with E-state index in [-0.39, 0.29) is 12.3 Å². The first-order valence-corrected chi connectivity index (χ1v) is 8.80. The molecule has 2 amide bonds. The third-order valence-electron chi connectivity index (χ3n) is 5.62. The molecule has 4 rings (SSSR count). The van der Waals surface area contributed by atoms with E-state index in [1.54, 1.807) is 11.8 Å². The van der Waals surface area contributed by atoms with E-state index in [0.29, 0.717) is 19.4 Å². The molecule has 4 unspecified atom stereocenters. The highest BCUT2D eigenvalue weighted by Gasteiger charge is 2.69. The molecule has 134 valence electrons. The first kappa shape index (κ1) is 16.5. The smallest absolute Gasteiger partial charge is 0.275 e. The van der Waals surface area contributed by atoms with Crippen molar-refractivity contribution in [3.63, 3.8) is 0 Å². The Morgan fingerprint density at radius 3 is 2.72 bits per heavy atom. The zero-order chi connectivity index (χ0) is 17.8. The molecule has 7 heteroatoms. The number of hydrogen-bond acceptors (Lipinski definition) is 5. The van der Waals surface area contributed by atoms with E-state index in [2.05, 4.69) is 0 Å². The molecule has 3 heterocycles. The Hall–Kier alpha value is -1.96. The van der Waals surface area contributed by atoms with Gasteiger partial charge in [-0.25, -0.2) is 0 Å². The molecule has 0 saturated carbocycles. The van der Waals surface area contributed by atoms with Crippen LogP contribution in [0.1, 0.15) is 31.7 Å². The predicted molar refractivity (Wildman–Crippen MR) is 88.8 cm³/mol. The molecule has 3 aliphatic rings. The molecular formula is C18H23N3O4. The fraction of sp³-hybridized carbons (Fsp3) is 0.556. The van der Waals surface area contributed by atoms with Gasteiger partial charge in [0.1, 0.15) is 12.1 Å². The van der Waals surface area contributed by atoms with Crippen molar-refractivity contribution in [3.05, 3.63) is 35.9 Å². The standard InChI is InChI=1S/C18H23N3O4/c1-2-17(19)16(23)21-13(11-12-7-4-3-5-8-12)15(22)20-10-6-9-14(20)18(21,24)25-17/h3-5,7-8,13-14,24H,2,6,9-11,19H2,1H3. The Balaban J connectivity index is 1.77. The van der Waals surface area contributed by atoms with Gasteiger partial charge >= 0.3 is 0 Å². The number of piperazine rings is 1. The molecule has 4 atom stereocenters. The maximum absolute atomic E-state index is 13.1. The number of hydrogen-bond donors (Lipinski definition) is 2. The molecule has 0 aromatic heterocycles. The molecule has 0 aliphatic carbocycles. The third kappa shape index (κ3) is 2.23. The Morgan fingerprint density at radius 1 is 1.32 bits per heavy atom. The molecule has 0 bridgehead atoms. The number of fused-ring (bicyclic) bond motifs is 3. The van der Waals surface area contributed by atoms with Gasteiger partial charge in [0.25, 0.3) is 11.8 Å². The van der Waals surface area contributed by atoms with Crippen molar-refractivity contribution in [2.45, 2.75) is 56.3 Å². The zero-order valence-corrected chi connectivity index (χ0v) is 14.2. The monoisotopic (exact) mass is 345 g/mol. The van der Waals surface area contributed by atoms with Crippen molar-refractivity contribution in [2.24, 2.45) is 5.73 Å². The Kier molecular flexibility index (Phi) is 3.64. The minimum absolute atomic E-state index is 0.145. The molecule has 3 fully saturated rings.